The van der Waals surface area contributed by atoms with Crippen LogP contribution in [0.5, 0.6) is 5.75 Å². The number of nitriles is 1. The second-order valence-electron chi connectivity index (χ2n) is 5.09. The summed E-state index contributed by atoms with van der Waals surface area (Å²) in [6.07, 6.45) is 1.20. The minimum atomic E-state index is -0.787. The van der Waals surface area contributed by atoms with E-state index in [9.17, 15) is 14.4 Å². The van der Waals surface area contributed by atoms with Crippen molar-refractivity contribution in [3.63, 3.8) is 0 Å². The third-order valence-corrected chi connectivity index (χ3v) is 3.46. The largest absolute Gasteiger partial charge is 0.492 e. The van der Waals surface area contributed by atoms with E-state index in [1.807, 2.05) is 6.92 Å². The van der Waals surface area contributed by atoms with E-state index < -0.39 is 23.7 Å². The molecule has 8 heteroatoms. The normalized spacial score (nSPS) is 10.1. The van der Waals surface area contributed by atoms with Crippen molar-refractivity contribution in [2.24, 2.45) is 0 Å². The molecule has 8 nitrogen and oxygen atoms in total. The molecule has 0 fully saturated rings. The number of benzene rings is 1. The highest BCUT2D eigenvalue weighted by Crippen LogP contribution is 2.23. The fraction of sp³-hybridized carbons (Fsp3) is 0.294. The standard InChI is InChI=1S/C17H18N4O4/c1-3-20-10-12(9-18)16(23)21(17(20)24)11-15(22)19-13-7-5-6-8-14(13)25-4-2/h5-8,10H,3-4,11H2,1-2H3,(H,19,22). The number of nitrogens with one attached hydrogen (secondary N) is 1. The molecule has 0 saturated carbocycles. The van der Waals surface area contributed by atoms with Crippen LogP contribution in [0.25, 0.3) is 0 Å². The summed E-state index contributed by atoms with van der Waals surface area (Å²) in [6, 6.07) is 8.59. The smallest absolute Gasteiger partial charge is 0.331 e. The van der Waals surface area contributed by atoms with Crippen LogP contribution in [-0.4, -0.2) is 21.6 Å². The third kappa shape index (κ3) is 3.95. The van der Waals surface area contributed by atoms with Gasteiger partial charge in [-0.25, -0.2) is 9.36 Å². The number of hydrogen-bond acceptors (Lipinski definition) is 5. The molecule has 2 aromatic rings. The predicted molar refractivity (Wildman–Crippen MR) is 91.6 cm³/mol. The Morgan fingerprint density at radius 1 is 1.28 bits per heavy atom. The summed E-state index contributed by atoms with van der Waals surface area (Å²) in [5, 5.41) is 11.6. The first kappa shape index (κ1) is 18.0. The molecule has 2 rings (SSSR count). The van der Waals surface area contributed by atoms with Crippen LogP contribution in [0.2, 0.25) is 0 Å². The second kappa shape index (κ2) is 7.97. The number of carbonyl (C=O) groups is 1. The number of nitrogens with zero attached hydrogens (tertiary/aromatic N) is 3. The first-order valence-corrected chi connectivity index (χ1v) is 7.77. The fourth-order valence-electron chi connectivity index (χ4n) is 2.28. The SMILES string of the molecule is CCOc1ccccc1NC(=O)Cn1c(=O)c(C#N)cn(CC)c1=O. The van der Waals surface area contributed by atoms with Crippen molar-refractivity contribution in [1.29, 1.82) is 5.26 Å². The Balaban J connectivity index is 2.32. The number of ether oxygens (including phenoxy) is 1. The lowest BCUT2D eigenvalue weighted by Crippen LogP contribution is -2.43. The van der Waals surface area contributed by atoms with E-state index >= 15 is 0 Å². The van der Waals surface area contributed by atoms with Crippen molar-refractivity contribution in [3.05, 3.63) is 56.9 Å². The van der Waals surface area contributed by atoms with E-state index in [0.717, 1.165) is 4.57 Å². The van der Waals surface area contributed by atoms with Gasteiger partial charge in [-0.1, -0.05) is 12.1 Å². The molecule has 1 heterocycles. The van der Waals surface area contributed by atoms with Crippen molar-refractivity contribution < 1.29 is 9.53 Å². The Bertz CT molecular complexity index is 937. The van der Waals surface area contributed by atoms with E-state index in [2.05, 4.69) is 5.32 Å². The first-order chi connectivity index (χ1) is 12.0. The van der Waals surface area contributed by atoms with Crippen LogP contribution in [0.3, 0.4) is 0 Å². The zero-order valence-corrected chi connectivity index (χ0v) is 14.0. The molecule has 0 aliphatic rings. The highest BCUT2D eigenvalue weighted by Gasteiger charge is 2.15. The predicted octanol–water partition coefficient (Wildman–Crippen LogP) is 0.939. The maximum absolute atomic E-state index is 12.3. The fourth-order valence-corrected chi connectivity index (χ4v) is 2.28. The molecule has 1 N–H and O–H groups in total. The molecule has 130 valence electrons. The summed E-state index contributed by atoms with van der Waals surface area (Å²) < 4.78 is 7.38. The monoisotopic (exact) mass is 342 g/mol. The van der Waals surface area contributed by atoms with Gasteiger partial charge in [-0.3, -0.25) is 14.2 Å². The molecule has 0 atom stereocenters. The van der Waals surface area contributed by atoms with Crippen LogP contribution < -0.4 is 21.3 Å². The molecule has 0 saturated heterocycles. The third-order valence-electron chi connectivity index (χ3n) is 3.46. The van der Waals surface area contributed by atoms with E-state index in [-0.39, 0.29) is 12.1 Å². The Labute approximate surface area is 143 Å². The molecule has 0 radical (unpaired) electrons. The number of para-hydroxylation sites is 2. The van der Waals surface area contributed by atoms with Gasteiger partial charge in [0.2, 0.25) is 5.91 Å². The minimum absolute atomic E-state index is 0.191. The van der Waals surface area contributed by atoms with Crippen LogP contribution >= 0.6 is 0 Å². The maximum atomic E-state index is 12.3. The zero-order valence-electron chi connectivity index (χ0n) is 14.0. The van der Waals surface area contributed by atoms with Gasteiger partial charge >= 0.3 is 5.69 Å². The average Bonchev–Trinajstić information content (AvgIpc) is 2.61. The van der Waals surface area contributed by atoms with Gasteiger partial charge in [0.1, 0.15) is 23.9 Å². The van der Waals surface area contributed by atoms with Gasteiger partial charge in [-0.2, -0.15) is 5.26 Å². The van der Waals surface area contributed by atoms with Crippen molar-refractivity contribution in [3.8, 4) is 11.8 Å². The lowest BCUT2D eigenvalue weighted by atomic mass is 10.3. The van der Waals surface area contributed by atoms with Gasteiger partial charge in [0.25, 0.3) is 5.56 Å². The molecule has 0 aliphatic heterocycles. The Hall–Kier alpha value is -3.34. The topological polar surface area (TPSA) is 106 Å². The van der Waals surface area contributed by atoms with E-state index in [4.69, 9.17) is 10.00 Å². The first-order valence-electron chi connectivity index (χ1n) is 7.77. The number of amides is 1. The van der Waals surface area contributed by atoms with Crippen LogP contribution in [0.4, 0.5) is 5.69 Å². The van der Waals surface area contributed by atoms with Crippen molar-refractivity contribution in [1.82, 2.24) is 9.13 Å². The molecule has 0 aliphatic carbocycles. The summed E-state index contributed by atoms with van der Waals surface area (Å²) in [4.78, 5) is 36.7. The number of hydrogen-bond donors (Lipinski definition) is 1. The van der Waals surface area contributed by atoms with E-state index in [1.54, 1.807) is 37.3 Å². The Kier molecular flexibility index (Phi) is 5.74. The Morgan fingerprint density at radius 3 is 2.64 bits per heavy atom. The average molecular weight is 342 g/mol. The molecule has 0 unspecified atom stereocenters. The van der Waals surface area contributed by atoms with Gasteiger partial charge < -0.3 is 10.1 Å². The van der Waals surface area contributed by atoms with Gasteiger partial charge in [-0.05, 0) is 26.0 Å². The van der Waals surface area contributed by atoms with Crippen LogP contribution in [0.1, 0.15) is 19.4 Å². The molecule has 25 heavy (non-hydrogen) atoms. The highest BCUT2D eigenvalue weighted by molar-refractivity contribution is 5.92. The van der Waals surface area contributed by atoms with Crippen LogP contribution in [-0.2, 0) is 17.9 Å². The molecule has 1 amide bonds. The van der Waals surface area contributed by atoms with Gasteiger partial charge in [-0.15, -0.1) is 0 Å². The number of carbonyl (C=O) groups excluding carboxylic acids is 1. The lowest BCUT2D eigenvalue weighted by Gasteiger charge is -2.12. The molecular formula is C17H18N4O4. The summed E-state index contributed by atoms with van der Waals surface area (Å²) in [5.41, 5.74) is -1.18. The van der Waals surface area contributed by atoms with Crippen LogP contribution in [0.15, 0.2) is 40.1 Å². The van der Waals surface area contributed by atoms with Crippen LogP contribution in [0, 0.1) is 11.3 Å². The second-order valence-corrected chi connectivity index (χ2v) is 5.09. The summed E-state index contributed by atoms with van der Waals surface area (Å²) in [7, 11) is 0. The summed E-state index contributed by atoms with van der Waals surface area (Å²) in [5.74, 6) is -0.0773. The van der Waals surface area contributed by atoms with Crippen molar-refractivity contribution >= 4 is 11.6 Å². The van der Waals surface area contributed by atoms with E-state index in [0.29, 0.717) is 18.0 Å². The van der Waals surface area contributed by atoms with E-state index in [1.165, 1.54) is 10.8 Å². The zero-order chi connectivity index (χ0) is 18.4. The molecule has 1 aromatic carbocycles. The summed E-state index contributed by atoms with van der Waals surface area (Å²) >= 11 is 0. The van der Waals surface area contributed by atoms with Gasteiger partial charge in [0.15, 0.2) is 0 Å². The number of aryl methyl sites for hydroxylation is 1. The lowest BCUT2D eigenvalue weighted by molar-refractivity contribution is -0.116. The maximum Gasteiger partial charge on any atom is 0.331 e. The van der Waals surface area contributed by atoms with Gasteiger partial charge in [0, 0.05) is 12.7 Å². The number of rotatable bonds is 6. The van der Waals surface area contributed by atoms with Crippen molar-refractivity contribution in [2.45, 2.75) is 26.9 Å². The number of anilines is 1. The highest BCUT2D eigenvalue weighted by atomic mass is 16.5. The number of aromatic nitrogens is 2. The Morgan fingerprint density at radius 2 is 2.00 bits per heavy atom. The molecule has 0 spiro atoms. The minimum Gasteiger partial charge on any atom is -0.492 e. The quantitative estimate of drug-likeness (QED) is 0.841. The van der Waals surface area contributed by atoms with Gasteiger partial charge in [0.05, 0.1) is 12.3 Å². The molecular weight excluding hydrogens is 324 g/mol. The summed E-state index contributed by atoms with van der Waals surface area (Å²) in [6.45, 7) is 3.74. The van der Waals surface area contributed by atoms with Crippen molar-refractivity contribution in [2.75, 3.05) is 11.9 Å². The molecule has 1 aromatic heterocycles. The molecule has 0 bridgehead atoms.